The number of aryl methyl sites for hydroxylation is 2. The number of urea groups is 1. The molecular formula is C29H35N3O3. The number of methoxy groups -OCH3 is 2. The highest BCUT2D eigenvalue weighted by atomic mass is 16.5. The van der Waals surface area contributed by atoms with E-state index in [1.807, 2.05) is 31.2 Å². The molecule has 0 fully saturated rings. The number of benzene rings is 3. The Morgan fingerprint density at radius 2 is 1.71 bits per heavy atom. The van der Waals surface area contributed by atoms with Crippen LogP contribution in [0.2, 0.25) is 0 Å². The van der Waals surface area contributed by atoms with E-state index in [1.54, 1.807) is 14.2 Å². The van der Waals surface area contributed by atoms with Gasteiger partial charge in [-0.3, -0.25) is 4.90 Å². The fourth-order valence-electron chi connectivity index (χ4n) is 4.93. The van der Waals surface area contributed by atoms with Gasteiger partial charge in [-0.25, -0.2) is 4.79 Å². The van der Waals surface area contributed by atoms with Gasteiger partial charge in [0, 0.05) is 24.8 Å². The van der Waals surface area contributed by atoms with Gasteiger partial charge in [-0.2, -0.15) is 0 Å². The lowest BCUT2D eigenvalue weighted by atomic mass is 9.87. The minimum absolute atomic E-state index is 0.0252. The number of fused-ring (bicyclic) bond motifs is 1. The maximum Gasteiger partial charge on any atom is 0.319 e. The Bertz CT molecular complexity index is 1180. The minimum atomic E-state index is -0.218. The minimum Gasteiger partial charge on any atom is -0.493 e. The van der Waals surface area contributed by atoms with Gasteiger partial charge in [-0.1, -0.05) is 47.5 Å². The first-order valence-electron chi connectivity index (χ1n) is 12.1. The lowest BCUT2D eigenvalue weighted by Gasteiger charge is -2.41. The number of carbonyl (C=O) groups excluding carboxylic acids is 1. The molecular weight excluding hydrogens is 438 g/mol. The molecule has 1 heterocycles. The first kappa shape index (κ1) is 24.6. The van der Waals surface area contributed by atoms with Crippen molar-refractivity contribution in [2.75, 3.05) is 26.1 Å². The molecule has 3 aromatic rings. The van der Waals surface area contributed by atoms with Crippen molar-refractivity contribution in [3.63, 3.8) is 0 Å². The third-order valence-electron chi connectivity index (χ3n) is 6.64. The SMILES string of the molecule is COc1cc2c(cc1OC)C(C(C)NC(=O)Nc1ccc(C)cc1)N(Cc1cccc(C)c1)CC2. The van der Waals surface area contributed by atoms with Crippen LogP contribution in [-0.4, -0.2) is 37.7 Å². The summed E-state index contributed by atoms with van der Waals surface area (Å²) >= 11 is 0. The molecule has 2 atom stereocenters. The highest BCUT2D eigenvalue weighted by Crippen LogP contribution is 2.40. The van der Waals surface area contributed by atoms with Crippen molar-refractivity contribution in [1.82, 2.24) is 10.2 Å². The highest BCUT2D eigenvalue weighted by Gasteiger charge is 2.33. The Labute approximate surface area is 208 Å². The van der Waals surface area contributed by atoms with Gasteiger partial charge in [0.15, 0.2) is 11.5 Å². The van der Waals surface area contributed by atoms with Gasteiger partial charge in [0.25, 0.3) is 0 Å². The summed E-state index contributed by atoms with van der Waals surface area (Å²) in [5, 5.41) is 6.15. The lowest BCUT2D eigenvalue weighted by Crippen LogP contribution is -2.48. The summed E-state index contributed by atoms with van der Waals surface area (Å²) in [7, 11) is 3.32. The molecule has 0 saturated heterocycles. The zero-order chi connectivity index (χ0) is 24.9. The zero-order valence-electron chi connectivity index (χ0n) is 21.2. The Morgan fingerprint density at radius 1 is 1.00 bits per heavy atom. The van der Waals surface area contributed by atoms with E-state index < -0.39 is 0 Å². The number of nitrogens with one attached hydrogen (secondary N) is 2. The summed E-state index contributed by atoms with van der Waals surface area (Å²) in [6.07, 6.45) is 0.903. The zero-order valence-corrected chi connectivity index (χ0v) is 21.2. The molecule has 0 aromatic heterocycles. The lowest BCUT2D eigenvalue weighted by molar-refractivity contribution is 0.144. The van der Waals surface area contributed by atoms with Crippen molar-refractivity contribution in [2.45, 2.75) is 45.8 Å². The molecule has 4 rings (SSSR count). The van der Waals surface area contributed by atoms with Crippen molar-refractivity contribution in [3.8, 4) is 11.5 Å². The third-order valence-corrected chi connectivity index (χ3v) is 6.64. The Kier molecular flexibility index (Phi) is 7.61. The number of rotatable bonds is 7. The largest absolute Gasteiger partial charge is 0.493 e. The maximum absolute atomic E-state index is 12.9. The number of nitrogens with zero attached hydrogens (tertiary/aromatic N) is 1. The molecule has 2 N–H and O–H groups in total. The summed E-state index contributed by atoms with van der Waals surface area (Å²) in [6.45, 7) is 7.88. The number of amides is 2. The second kappa shape index (κ2) is 10.8. The average molecular weight is 474 g/mol. The molecule has 184 valence electrons. The van der Waals surface area contributed by atoms with Crippen molar-refractivity contribution < 1.29 is 14.3 Å². The predicted molar refractivity (Wildman–Crippen MR) is 140 cm³/mol. The third kappa shape index (κ3) is 5.77. The fraction of sp³-hybridized carbons (Fsp3) is 0.345. The van der Waals surface area contributed by atoms with E-state index >= 15 is 0 Å². The number of carbonyl (C=O) groups is 1. The van der Waals surface area contributed by atoms with Crippen LogP contribution in [0.5, 0.6) is 11.5 Å². The van der Waals surface area contributed by atoms with Gasteiger partial charge in [-0.05, 0) is 68.1 Å². The number of ether oxygens (including phenoxy) is 2. The van der Waals surface area contributed by atoms with E-state index in [-0.39, 0.29) is 18.1 Å². The second-order valence-corrected chi connectivity index (χ2v) is 9.31. The summed E-state index contributed by atoms with van der Waals surface area (Å²) < 4.78 is 11.2. The van der Waals surface area contributed by atoms with Crippen LogP contribution >= 0.6 is 0 Å². The summed E-state index contributed by atoms with van der Waals surface area (Å²) in [6, 6.07) is 20.1. The fourth-order valence-corrected chi connectivity index (χ4v) is 4.93. The van der Waals surface area contributed by atoms with Gasteiger partial charge in [0.1, 0.15) is 0 Å². The molecule has 6 nitrogen and oxygen atoms in total. The molecule has 35 heavy (non-hydrogen) atoms. The second-order valence-electron chi connectivity index (χ2n) is 9.31. The van der Waals surface area contributed by atoms with Gasteiger partial charge in [-0.15, -0.1) is 0 Å². The molecule has 0 radical (unpaired) electrons. The van der Waals surface area contributed by atoms with Crippen LogP contribution in [0.25, 0.3) is 0 Å². The first-order valence-corrected chi connectivity index (χ1v) is 12.1. The first-order chi connectivity index (χ1) is 16.9. The summed E-state index contributed by atoms with van der Waals surface area (Å²) in [5.74, 6) is 1.43. The normalized spacial score (nSPS) is 16.2. The van der Waals surface area contributed by atoms with Crippen LogP contribution in [0.3, 0.4) is 0 Å². The number of hydrogen-bond acceptors (Lipinski definition) is 4. The van der Waals surface area contributed by atoms with Gasteiger partial charge < -0.3 is 20.1 Å². The molecule has 0 bridgehead atoms. The molecule has 1 aliphatic heterocycles. The Morgan fingerprint density at radius 3 is 2.40 bits per heavy atom. The standard InChI is InChI=1S/C29H35N3O3/c1-19-9-11-24(12-10-19)31-29(33)30-21(3)28-25-17-27(35-5)26(34-4)16-23(25)13-14-32(28)18-22-8-6-7-20(2)15-22/h6-12,15-17,21,28H,13-14,18H2,1-5H3,(H2,30,31,33). The summed E-state index contributed by atoms with van der Waals surface area (Å²) in [5.41, 5.74) is 6.80. The van der Waals surface area contributed by atoms with Crippen molar-refractivity contribution >= 4 is 11.7 Å². The monoisotopic (exact) mass is 473 g/mol. The molecule has 6 heteroatoms. The molecule has 0 aliphatic carbocycles. The topological polar surface area (TPSA) is 62.8 Å². The van der Waals surface area contributed by atoms with Crippen LogP contribution < -0.4 is 20.1 Å². The Balaban J connectivity index is 1.62. The average Bonchev–Trinajstić information content (AvgIpc) is 2.84. The van der Waals surface area contributed by atoms with E-state index in [0.717, 1.165) is 42.1 Å². The van der Waals surface area contributed by atoms with Crippen LogP contribution in [0, 0.1) is 13.8 Å². The molecule has 0 spiro atoms. The Hall–Kier alpha value is -3.51. The van der Waals surface area contributed by atoms with Crippen LogP contribution in [0.1, 0.15) is 40.8 Å². The van der Waals surface area contributed by atoms with Crippen LogP contribution in [-0.2, 0) is 13.0 Å². The van der Waals surface area contributed by atoms with Gasteiger partial charge in [0.05, 0.1) is 20.3 Å². The predicted octanol–water partition coefficient (Wildman–Crippen LogP) is 5.63. The molecule has 3 aromatic carbocycles. The molecule has 2 unspecified atom stereocenters. The van der Waals surface area contributed by atoms with Gasteiger partial charge >= 0.3 is 6.03 Å². The van der Waals surface area contributed by atoms with Crippen molar-refractivity contribution in [2.24, 2.45) is 0 Å². The van der Waals surface area contributed by atoms with E-state index in [9.17, 15) is 4.79 Å². The van der Waals surface area contributed by atoms with E-state index in [1.165, 1.54) is 16.7 Å². The van der Waals surface area contributed by atoms with Crippen molar-refractivity contribution in [3.05, 3.63) is 88.5 Å². The summed E-state index contributed by atoms with van der Waals surface area (Å²) in [4.78, 5) is 15.4. The van der Waals surface area contributed by atoms with E-state index in [0.29, 0.717) is 5.75 Å². The van der Waals surface area contributed by atoms with Crippen LogP contribution in [0.15, 0.2) is 60.7 Å². The van der Waals surface area contributed by atoms with Crippen LogP contribution in [0.4, 0.5) is 10.5 Å². The molecule has 1 aliphatic rings. The van der Waals surface area contributed by atoms with E-state index in [2.05, 4.69) is 65.8 Å². The quantitative estimate of drug-likeness (QED) is 0.467. The van der Waals surface area contributed by atoms with Gasteiger partial charge in [0.2, 0.25) is 0 Å². The smallest absolute Gasteiger partial charge is 0.319 e. The number of hydrogen-bond donors (Lipinski definition) is 2. The van der Waals surface area contributed by atoms with E-state index in [4.69, 9.17) is 9.47 Å². The maximum atomic E-state index is 12.9. The molecule has 0 saturated carbocycles. The molecule has 2 amide bonds. The number of anilines is 1. The van der Waals surface area contributed by atoms with Crippen molar-refractivity contribution in [1.29, 1.82) is 0 Å². The highest BCUT2D eigenvalue weighted by molar-refractivity contribution is 5.89.